The van der Waals surface area contributed by atoms with Crippen molar-refractivity contribution in [2.45, 2.75) is 32.0 Å². The summed E-state index contributed by atoms with van der Waals surface area (Å²) in [6, 6.07) is 23.0. The van der Waals surface area contributed by atoms with Crippen LogP contribution in [0.15, 0.2) is 72.8 Å². The highest BCUT2D eigenvalue weighted by atomic mass is 16.2. The van der Waals surface area contributed by atoms with Crippen molar-refractivity contribution in [3.8, 4) is 0 Å². The highest BCUT2D eigenvalue weighted by molar-refractivity contribution is 6.16. The van der Waals surface area contributed by atoms with Crippen molar-refractivity contribution in [1.29, 1.82) is 0 Å². The summed E-state index contributed by atoms with van der Waals surface area (Å²) in [5.74, 6) is -0.104. The van der Waals surface area contributed by atoms with E-state index in [1.165, 1.54) is 10.9 Å². The number of H-pyrrole nitrogens is 1. The number of benzene rings is 3. The van der Waals surface area contributed by atoms with Gasteiger partial charge in [-0.05, 0) is 42.7 Å². The van der Waals surface area contributed by atoms with Crippen molar-refractivity contribution in [2.75, 3.05) is 18.0 Å². The van der Waals surface area contributed by atoms with Crippen LogP contribution >= 0.6 is 0 Å². The van der Waals surface area contributed by atoms with Gasteiger partial charge in [0.2, 0.25) is 5.91 Å². The number of amides is 3. The van der Waals surface area contributed by atoms with Crippen molar-refractivity contribution >= 4 is 34.3 Å². The number of aromatic amines is 1. The number of carbonyl (C=O) groups excluding carboxylic acids is 3. The van der Waals surface area contributed by atoms with Crippen LogP contribution in [-0.4, -0.2) is 45.6 Å². The van der Waals surface area contributed by atoms with E-state index in [0.717, 1.165) is 23.2 Å². The first-order valence-electron chi connectivity index (χ1n) is 12.8. The lowest BCUT2D eigenvalue weighted by atomic mass is 10.0. The molecule has 0 fully saturated rings. The number of hydrogen-bond donors (Lipinski definition) is 1. The monoisotopic (exact) mass is 490 g/mol. The molecule has 0 saturated heterocycles. The van der Waals surface area contributed by atoms with Gasteiger partial charge in [-0.25, -0.2) is 0 Å². The summed E-state index contributed by atoms with van der Waals surface area (Å²) < 4.78 is 0. The zero-order valence-electron chi connectivity index (χ0n) is 20.3. The summed E-state index contributed by atoms with van der Waals surface area (Å²) in [4.78, 5) is 48.9. The van der Waals surface area contributed by atoms with Gasteiger partial charge < -0.3 is 14.8 Å². The van der Waals surface area contributed by atoms with Crippen LogP contribution in [0.3, 0.4) is 0 Å². The summed E-state index contributed by atoms with van der Waals surface area (Å²) in [5.41, 5.74) is 6.16. The molecule has 184 valence electrons. The van der Waals surface area contributed by atoms with Crippen LogP contribution in [0.5, 0.6) is 0 Å². The van der Waals surface area contributed by atoms with Crippen LogP contribution in [0, 0.1) is 0 Å². The fraction of sp³-hybridized carbons (Fsp3) is 0.233. The highest BCUT2D eigenvalue weighted by Crippen LogP contribution is 2.45. The molecular formula is C30H26N4O3. The average Bonchev–Trinajstić information content (AvgIpc) is 3.45. The number of nitrogens with zero attached hydrogens (tertiary/aromatic N) is 3. The van der Waals surface area contributed by atoms with Crippen LogP contribution in [0.25, 0.3) is 10.9 Å². The maximum Gasteiger partial charge on any atom is 0.260 e. The maximum atomic E-state index is 13.6. The third kappa shape index (κ3) is 3.30. The summed E-state index contributed by atoms with van der Waals surface area (Å²) in [6.45, 7) is 1.67. The lowest BCUT2D eigenvalue weighted by Crippen LogP contribution is -2.48. The Balaban J connectivity index is 1.09. The van der Waals surface area contributed by atoms with E-state index >= 15 is 0 Å². The van der Waals surface area contributed by atoms with E-state index in [9.17, 15) is 14.4 Å². The minimum Gasteiger partial charge on any atom is -0.357 e. The number of fused-ring (bicyclic) bond motifs is 8. The molecule has 3 amide bonds. The third-order valence-corrected chi connectivity index (χ3v) is 7.91. The third-order valence-electron chi connectivity index (χ3n) is 7.91. The quantitative estimate of drug-likeness (QED) is 0.453. The van der Waals surface area contributed by atoms with E-state index in [-0.39, 0.29) is 17.7 Å². The van der Waals surface area contributed by atoms with Gasteiger partial charge in [0.1, 0.15) is 6.17 Å². The van der Waals surface area contributed by atoms with E-state index in [2.05, 4.69) is 17.1 Å². The van der Waals surface area contributed by atoms with Crippen molar-refractivity contribution < 1.29 is 14.4 Å². The molecule has 0 unspecified atom stereocenters. The molecule has 0 radical (unpaired) electrons. The lowest BCUT2D eigenvalue weighted by Gasteiger charge is -2.41. The van der Waals surface area contributed by atoms with E-state index < -0.39 is 6.17 Å². The lowest BCUT2D eigenvalue weighted by molar-refractivity contribution is -0.132. The Bertz CT molecular complexity index is 1590. The summed E-state index contributed by atoms with van der Waals surface area (Å²) in [6.07, 6.45) is 1.24. The SMILES string of the molecule is O=C(CCCN1C(=O)c2ccccc2N2C(=O)c3ccccc3[C@H]12)N1CCc2c([nH]c3ccccc23)C1. The Labute approximate surface area is 214 Å². The molecule has 3 aliphatic rings. The molecule has 1 atom stereocenters. The minimum atomic E-state index is -0.481. The van der Waals surface area contributed by atoms with Crippen molar-refractivity contribution in [3.05, 3.63) is 101 Å². The number of anilines is 1. The van der Waals surface area contributed by atoms with Gasteiger partial charge in [-0.2, -0.15) is 0 Å². The van der Waals surface area contributed by atoms with Crippen LogP contribution in [0.4, 0.5) is 5.69 Å². The molecule has 3 aliphatic heterocycles. The molecule has 3 aromatic carbocycles. The molecule has 0 aliphatic carbocycles. The Morgan fingerprint density at radius 2 is 1.65 bits per heavy atom. The predicted molar refractivity (Wildman–Crippen MR) is 140 cm³/mol. The molecule has 0 saturated carbocycles. The van der Waals surface area contributed by atoms with E-state index in [0.29, 0.717) is 49.3 Å². The molecule has 7 nitrogen and oxygen atoms in total. The molecule has 0 spiro atoms. The van der Waals surface area contributed by atoms with E-state index in [1.54, 1.807) is 15.9 Å². The number of rotatable bonds is 4. The van der Waals surface area contributed by atoms with Gasteiger partial charge in [-0.3, -0.25) is 19.3 Å². The number of para-hydroxylation sites is 2. The Hall–Kier alpha value is -4.39. The van der Waals surface area contributed by atoms with E-state index in [1.807, 2.05) is 59.5 Å². The van der Waals surface area contributed by atoms with Crippen molar-refractivity contribution in [2.24, 2.45) is 0 Å². The smallest absolute Gasteiger partial charge is 0.260 e. The van der Waals surface area contributed by atoms with Crippen LogP contribution in [0.1, 0.15) is 56.5 Å². The summed E-state index contributed by atoms with van der Waals surface area (Å²) in [5, 5.41) is 1.24. The molecule has 4 heterocycles. The van der Waals surface area contributed by atoms with Gasteiger partial charge in [-0.15, -0.1) is 0 Å². The van der Waals surface area contributed by atoms with Gasteiger partial charge >= 0.3 is 0 Å². The van der Waals surface area contributed by atoms with Crippen LogP contribution in [0.2, 0.25) is 0 Å². The maximum absolute atomic E-state index is 13.6. The van der Waals surface area contributed by atoms with Crippen molar-refractivity contribution in [1.82, 2.24) is 14.8 Å². The Morgan fingerprint density at radius 3 is 2.54 bits per heavy atom. The first-order chi connectivity index (χ1) is 18.1. The molecule has 7 rings (SSSR count). The molecule has 0 bridgehead atoms. The molecule has 1 N–H and O–H groups in total. The number of aromatic nitrogens is 1. The average molecular weight is 491 g/mol. The number of carbonyl (C=O) groups is 3. The zero-order chi connectivity index (χ0) is 25.1. The van der Waals surface area contributed by atoms with Gasteiger partial charge in [0.15, 0.2) is 0 Å². The van der Waals surface area contributed by atoms with Gasteiger partial charge in [0.25, 0.3) is 11.8 Å². The second-order valence-electron chi connectivity index (χ2n) is 9.95. The van der Waals surface area contributed by atoms with Gasteiger partial charge in [0.05, 0.1) is 17.8 Å². The Kier molecular flexibility index (Phi) is 4.92. The molecule has 1 aromatic heterocycles. The first kappa shape index (κ1) is 21.9. The highest BCUT2D eigenvalue weighted by Gasteiger charge is 2.47. The Morgan fingerprint density at radius 1 is 0.892 bits per heavy atom. The second kappa shape index (κ2) is 8.34. The molecule has 4 aromatic rings. The predicted octanol–water partition coefficient (Wildman–Crippen LogP) is 4.65. The van der Waals surface area contributed by atoms with Gasteiger partial charge in [0, 0.05) is 47.2 Å². The van der Waals surface area contributed by atoms with E-state index in [4.69, 9.17) is 0 Å². The molecule has 7 heteroatoms. The largest absolute Gasteiger partial charge is 0.357 e. The normalized spacial score (nSPS) is 18.1. The first-order valence-corrected chi connectivity index (χ1v) is 12.8. The standard InChI is InChI=1S/C30H26N4O3/c35-27(32-17-15-20-19-8-3-5-12-24(19)31-25(20)18-32)14-7-16-33-28-21-9-1-2-10-22(21)30(37)34(28)26-13-6-4-11-23(26)29(33)36/h1-6,8-13,28,31H,7,14-18H2/t28-/m1/s1. The molecular weight excluding hydrogens is 464 g/mol. The number of nitrogens with one attached hydrogen (secondary N) is 1. The zero-order valence-corrected chi connectivity index (χ0v) is 20.3. The van der Waals surface area contributed by atoms with Crippen LogP contribution < -0.4 is 4.90 Å². The fourth-order valence-corrected chi connectivity index (χ4v) is 6.16. The molecule has 37 heavy (non-hydrogen) atoms. The number of hydrogen-bond acceptors (Lipinski definition) is 3. The minimum absolute atomic E-state index is 0.0916. The summed E-state index contributed by atoms with van der Waals surface area (Å²) >= 11 is 0. The summed E-state index contributed by atoms with van der Waals surface area (Å²) in [7, 11) is 0. The van der Waals surface area contributed by atoms with Crippen LogP contribution in [-0.2, 0) is 17.8 Å². The topological polar surface area (TPSA) is 76.7 Å². The van der Waals surface area contributed by atoms with Gasteiger partial charge in [-0.1, -0.05) is 48.5 Å². The fourth-order valence-electron chi connectivity index (χ4n) is 6.16. The second-order valence-corrected chi connectivity index (χ2v) is 9.95. The van der Waals surface area contributed by atoms with Crippen molar-refractivity contribution in [3.63, 3.8) is 0 Å².